The van der Waals surface area contributed by atoms with Gasteiger partial charge in [0.25, 0.3) is 11.0 Å². The van der Waals surface area contributed by atoms with Gasteiger partial charge in [0, 0.05) is 17.4 Å². The molecule has 0 aliphatic rings. The first-order valence-electron chi connectivity index (χ1n) is 10.5. The topological polar surface area (TPSA) is 97.4 Å². The Hall–Kier alpha value is -2.59. The van der Waals surface area contributed by atoms with Crippen LogP contribution in [0, 0.1) is 0 Å². The first-order chi connectivity index (χ1) is 15.5. The summed E-state index contributed by atoms with van der Waals surface area (Å²) in [6.45, 7) is 2.79. The normalized spacial score (nSPS) is 12.1. The highest BCUT2D eigenvalue weighted by Gasteiger charge is 2.16. The molecule has 3 rings (SSSR count). The minimum atomic E-state index is -2.96. The van der Waals surface area contributed by atoms with Crippen LogP contribution >= 0.6 is 11.3 Å². The average molecular weight is 474 g/mol. The van der Waals surface area contributed by atoms with Gasteiger partial charge in [0.05, 0.1) is 17.4 Å². The van der Waals surface area contributed by atoms with Crippen molar-refractivity contribution in [3.8, 4) is 0 Å². The summed E-state index contributed by atoms with van der Waals surface area (Å²) in [5, 5.41) is 6.66. The van der Waals surface area contributed by atoms with Gasteiger partial charge >= 0.3 is 0 Å². The molecule has 170 valence electrons. The number of Topliss-reactive ketones (excluding diaryl/α,β-unsaturated/α-hetero) is 1. The number of aryl methyl sites for hydroxylation is 1. The summed E-state index contributed by atoms with van der Waals surface area (Å²) in [5.41, 5.74) is 5.83. The fourth-order valence-corrected chi connectivity index (χ4v) is 4.38. The number of thiol groups is 1. The number of thiazole rings is 1. The SMILES string of the molecule is CCc1csc([C@H](Cc2ccc(NO[SH](=O)=O)cc2)NCCCC(=O)c2ccccc2)n1. The van der Waals surface area contributed by atoms with Crippen molar-refractivity contribution in [1.29, 1.82) is 0 Å². The van der Waals surface area contributed by atoms with Gasteiger partial charge in [0.1, 0.15) is 5.01 Å². The van der Waals surface area contributed by atoms with E-state index in [0.29, 0.717) is 18.7 Å². The zero-order valence-corrected chi connectivity index (χ0v) is 19.5. The molecule has 2 N–H and O–H groups in total. The molecule has 0 aliphatic heterocycles. The quantitative estimate of drug-likeness (QED) is 0.149. The van der Waals surface area contributed by atoms with Crippen LogP contribution in [0.4, 0.5) is 5.69 Å². The minimum Gasteiger partial charge on any atom is -0.308 e. The number of hydrogen-bond acceptors (Lipinski definition) is 8. The standard InChI is InChI=1S/C23H27N3O4S2/c1-2-19-16-31-23(25-19)21(15-17-10-12-20(13-11-17)26-30-32(28)29)24-14-6-9-22(27)18-7-4-3-5-8-18/h3-5,7-8,10-13,16,21,24,26,32H,2,6,9,14-15H2,1H3/t21-/m0/s1. The van der Waals surface area contributed by atoms with E-state index >= 15 is 0 Å². The lowest BCUT2D eigenvalue weighted by atomic mass is 10.0. The van der Waals surface area contributed by atoms with Gasteiger partial charge in [-0.25, -0.2) is 18.9 Å². The number of anilines is 1. The van der Waals surface area contributed by atoms with Crippen molar-refractivity contribution in [2.75, 3.05) is 12.0 Å². The predicted octanol–water partition coefficient (Wildman–Crippen LogP) is 4.11. The fraction of sp³-hybridized carbons (Fsp3) is 0.304. The number of benzene rings is 2. The van der Waals surface area contributed by atoms with E-state index < -0.39 is 11.0 Å². The lowest BCUT2D eigenvalue weighted by molar-refractivity contribution is 0.0979. The fourth-order valence-electron chi connectivity index (χ4n) is 3.22. The van der Waals surface area contributed by atoms with Gasteiger partial charge in [-0.05, 0) is 43.5 Å². The number of hydrogen-bond donors (Lipinski definition) is 3. The molecule has 0 bridgehead atoms. The summed E-state index contributed by atoms with van der Waals surface area (Å²) < 4.78 is 25.5. The van der Waals surface area contributed by atoms with Crippen molar-refractivity contribution < 1.29 is 17.5 Å². The third-order valence-electron chi connectivity index (χ3n) is 4.93. The van der Waals surface area contributed by atoms with Gasteiger partial charge in [0.2, 0.25) is 0 Å². The number of ketones is 1. The Morgan fingerprint density at radius 3 is 2.53 bits per heavy atom. The molecule has 2 aromatic carbocycles. The molecular formula is C23H27N3O4S2. The maximum atomic E-state index is 12.3. The third kappa shape index (κ3) is 7.52. The second-order valence-corrected chi connectivity index (χ2v) is 8.77. The van der Waals surface area contributed by atoms with Crippen molar-refractivity contribution >= 4 is 33.8 Å². The maximum absolute atomic E-state index is 12.3. The van der Waals surface area contributed by atoms with Gasteiger partial charge in [-0.2, -0.15) is 4.28 Å². The van der Waals surface area contributed by atoms with Crippen molar-refractivity contribution in [3.05, 3.63) is 81.8 Å². The Bertz CT molecular complexity index is 1060. The second kappa shape index (κ2) is 12.4. The zero-order valence-electron chi connectivity index (χ0n) is 17.8. The van der Waals surface area contributed by atoms with Crippen LogP contribution in [0.25, 0.3) is 0 Å². The zero-order chi connectivity index (χ0) is 22.8. The van der Waals surface area contributed by atoms with E-state index in [2.05, 4.69) is 27.4 Å². The molecule has 1 atom stereocenters. The van der Waals surface area contributed by atoms with E-state index in [1.807, 2.05) is 42.5 Å². The molecule has 32 heavy (non-hydrogen) atoms. The summed E-state index contributed by atoms with van der Waals surface area (Å²) in [6, 6.07) is 16.8. The van der Waals surface area contributed by atoms with Gasteiger partial charge in [-0.1, -0.05) is 49.4 Å². The molecule has 0 unspecified atom stereocenters. The number of carbonyl (C=O) groups is 1. The van der Waals surface area contributed by atoms with Gasteiger partial charge in [0.15, 0.2) is 5.78 Å². The van der Waals surface area contributed by atoms with Crippen LogP contribution in [-0.4, -0.2) is 25.7 Å². The summed E-state index contributed by atoms with van der Waals surface area (Å²) in [6.07, 6.45) is 2.84. The largest absolute Gasteiger partial charge is 0.308 e. The molecule has 0 fully saturated rings. The Labute approximate surface area is 194 Å². The smallest absolute Gasteiger partial charge is 0.277 e. The predicted molar refractivity (Wildman–Crippen MR) is 127 cm³/mol. The van der Waals surface area contributed by atoms with Crippen LogP contribution in [0.5, 0.6) is 0 Å². The molecule has 3 aromatic rings. The van der Waals surface area contributed by atoms with Crippen molar-refractivity contribution in [3.63, 3.8) is 0 Å². The molecule has 0 amide bonds. The Kier molecular flexibility index (Phi) is 9.36. The molecule has 7 nitrogen and oxygen atoms in total. The lowest BCUT2D eigenvalue weighted by Crippen LogP contribution is -2.25. The van der Waals surface area contributed by atoms with Gasteiger partial charge in [-0.3, -0.25) is 4.79 Å². The average Bonchev–Trinajstić information content (AvgIpc) is 3.30. The molecule has 0 spiro atoms. The van der Waals surface area contributed by atoms with Crippen molar-refractivity contribution in [1.82, 2.24) is 10.3 Å². The minimum absolute atomic E-state index is 0.0262. The van der Waals surface area contributed by atoms with Crippen LogP contribution in [0.15, 0.2) is 60.0 Å². The summed E-state index contributed by atoms with van der Waals surface area (Å²) in [4.78, 5) is 17.1. The Balaban J connectivity index is 1.59. The molecule has 0 saturated carbocycles. The molecule has 0 aliphatic carbocycles. The van der Waals surface area contributed by atoms with Crippen LogP contribution in [0.3, 0.4) is 0 Å². The molecule has 9 heteroatoms. The van der Waals surface area contributed by atoms with E-state index in [1.54, 1.807) is 23.5 Å². The van der Waals surface area contributed by atoms with Gasteiger partial charge in [-0.15, -0.1) is 11.3 Å². The maximum Gasteiger partial charge on any atom is 0.277 e. The lowest BCUT2D eigenvalue weighted by Gasteiger charge is -2.17. The van der Waals surface area contributed by atoms with E-state index in [1.165, 1.54) is 0 Å². The van der Waals surface area contributed by atoms with Crippen molar-refractivity contribution in [2.45, 2.75) is 38.6 Å². The highest BCUT2D eigenvalue weighted by atomic mass is 32.2. The number of rotatable bonds is 13. The van der Waals surface area contributed by atoms with E-state index in [-0.39, 0.29) is 11.8 Å². The van der Waals surface area contributed by atoms with Crippen LogP contribution < -0.4 is 10.8 Å². The highest BCUT2D eigenvalue weighted by molar-refractivity contribution is 7.67. The van der Waals surface area contributed by atoms with Crippen LogP contribution in [0.2, 0.25) is 0 Å². The van der Waals surface area contributed by atoms with E-state index in [0.717, 1.165) is 41.1 Å². The number of nitrogens with one attached hydrogen (secondary N) is 2. The highest BCUT2D eigenvalue weighted by Crippen LogP contribution is 2.24. The first kappa shape index (κ1) is 24.1. The Morgan fingerprint density at radius 1 is 1.12 bits per heavy atom. The Morgan fingerprint density at radius 2 is 1.88 bits per heavy atom. The number of aromatic nitrogens is 1. The molecule has 1 aromatic heterocycles. The van der Waals surface area contributed by atoms with Crippen molar-refractivity contribution in [2.24, 2.45) is 0 Å². The summed E-state index contributed by atoms with van der Waals surface area (Å²) in [7, 11) is -2.96. The third-order valence-corrected chi connectivity index (χ3v) is 6.18. The van der Waals surface area contributed by atoms with Crippen LogP contribution in [0.1, 0.15) is 52.4 Å². The van der Waals surface area contributed by atoms with Gasteiger partial charge < -0.3 is 5.32 Å². The van der Waals surface area contributed by atoms with E-state index in [9.17, 15) is 13.2 Å². The number of nitrogens with zero attached hydrogens (tertiary/aromatic N) is 1. The number of carbonyl (C=O) groups excluding carboxylic acids is 1. The molecule has 1 heterocycles. The molecular weight excluding hydrogens is 446 g/mol. The van der Waals surface area contributed by atoms with E-state index in [4.69, 9.17) is 4.98 Å². The summed E-state index contributed by atoms with van der Waals surface area (Å²) >= 11 is 1.64. The summed E-state index contributed by atoms with van der Waals surface area (Å²) in [5.74, 6) is 0.150. The molecule has 0 saturated heterocycles. The monoisotopic (exact) mass is 473 g/mol. The first-order valence-corrected chi connectivity index (χ1v) is 12.4. The molecule has 0 radical (unpaired) electrons. The van der Waals surface area contributed by atoms with Crippen LogP contribution in [-0.2, 0) is 28.1 Å². The second-order valence-electron chi connectivity index (χ2n) is 7.25.